The Labute approximate surface area is 339 Å². The van der Waals surface area contributed by atoms with Gasteiger partial charge < -0.3 is 4.90 Å². The molecule has 0 aliphatic heterocycles. The van der Waals surface area contributed by atoms with E-state index in [4.69, 9.17) is 0 Å². The fraction of sp³-hybridized carbons (Fsp3) is 0.0175. The first-order valence-corrected chi connectivity index (χ1v) is 20.1. The maximum atomic E-state index is 2.42. The van der Waals surface area contributed by atoms with Crippen molar-refractivity contribution in [3.63, 3.8) is 0 Å². The van der Waals surface area contributed by atoms with E-state index in [2.05, 4.69) is 241 Å². The Balaban J connectivity index is 1.09. The van der Waals surface area contributed by atoms with Gasteiger partial charge in [0.1, 0.15) is 0 Å². The van der Waals surface area contributed by atoms with Crippen LogP contribution in [0.5, 0.6) is 0 Å². The van der Waals surface area contributed by atoms with Crippen LogP contribution in [0.25, 0.3) is 54.9 Å². The molecule has 0 N–H and O–H groups in total. The van der Waals surface area contributed by atoms with Crippen molar-refractivity contribution in [1.29, 1.82) is 0 Å². The minimum Gasteiger partial charge on any atom is -0.310 e. The smallest absolute Gasteiger partial charge is 0.0713 e. The highest BCUT2D eigenvalue weighted by Gasteiger charge is 2.46. The van der Waals surface area contributed by atoms with Gasteiger partial charge in [-0.25, -0.2) is 0 Å². The second-order valence-electron chi connectivity index (χ2n) is 15.2. The van der Waals surface area contributed by atoms with Crippen LogP contribution >= 0.6 is 0 Å². The minimum atomic E-state index is -0.440. The van der Waals surface area contributed by atoms with Crippen molar-refractivity contribution in [2.24, 2.45) is 0 Å². The molecule has 58 heavy (non-hydrogen) atoms. The number of rotatable bonds is 7. The van der Waals surface area contributed by atoms with Crippen LogP contribution in [0.1, 0.15) is 22.3 Å². The highest BCUT2D eigenvalue weighted by atomic mass is 15.1. The summed E-state index contributed by atoms with van der Waals surface area (Å²) in [6.07, 6.45) is 0. The average molecular weight is 738 g/mol. The molecule has 0 saturated heterocycles. The molecule has 0 saturated carbocycles. The van der Waals surface area contributed by atoms with E-state index in [0.717, 1.165) is 17.1 Å². The third kappa shape index (κ3) is 5.32. The van der Waals surface area contributed by atoms with Crippen LogP contribution in [0, 0.1) is 0 Å². The lowest BCUT2D eigenvalue weighted by Crippen LogP contribution is -2.28. The van der Waals surface area contributed by atoms with Crippen molar-refractivity contribution < 1.29 is 0 Å². The van der Waals surface area contributed by atoms with Gasteiger partial charge in [0, 0.05) is 16.8 Å². The molecule has 0 heterocycles. The van der Waals surface area contributed by atoms with Gasteiger partial charge in [-0.1, -0.05) is 206 Å². The molecule has 0 spiro atoms. The fourth-order valence-electron chi connectivity index (χ4n) is 9.60. The summed E-state index contributed by atoms with van der Waals surface area (Å²) >= 11 is 0. The maximum Gasteiger partial charge on any atom is 0.0713 e. The minimum absolute atomic E-state index is 0.440. The molecule has 0 unspecified atom stereocenters. The Bertz CT molecular complexity index is 3040. The van der Waals surface area contributed by atoms with Crippen molar-refractivity contribution in [1.82, 2.24) is 0 Å². The number of hydrogen-bond donors (Lipinski definition) is 0. The Morgan fingerprint density at radius 2 is 0.793 bits per heavy atom. The van der Waals surface area contributed by atoms with E-state index in [0.29, 0.717) is 0 Å². The van der Waals surface area contributed by atoms with Crippen molar-refractivity contribution >= 4 is 38.6 Å². The molecule has 11 rings (SSSR count). The lowest BCUT2D eigenvalue weighted by molar-refractivity contribution is 0.768. The zero-order valence-electron chi connectivity index (χ0n) is 32.0. The summed E-state index contributed by atoms with van der Waals surface area (Å²) < 4.78 is 0. The summed E-state index contributed by atoms with van der Waals surface area (Å²) in [7, 11) is 0. The van der Waals surface area contributed by atoms with Crippen molar-refractivity contribution in [2.75, 3.05) is 4.90 Å². The molecule has 0 amide bonds. The fourth-order valence-corrected chi connectivity index (χ4v) is 9.60. The Morgan fingerprint density at radius 1 is 0.310 bits per heavy atom. The molecule has 0 atom stereocenters. The largest absolute Gasteiger partial charge is 0.310 e. The van der Waals surface area contributed by atoms with Crippen LogP contribution in [0.3, 0.4) is 0 Å². The predicted molar refractivity (Wildman–Crippen MR) is 244 cm³/mol. The third-order valence-electron chi connectivity index (χ3n) is 12.1. The van der Waals surface area contributed by atoms with E-state index >= 15 is 0 Å². The number of benzene rings is 10. The van der Waals surface area contributed by atoms with E-state index in [1.807, 2.05) is 0 Å². The monoisotopic (exact) mass is 737 g/mol. The zero-order valence-corrected chi connectivity index (χ0v) is 32.0. The third-order valence-corrected chi connectivity index (χ3v) is 12.1. The molecule has 0 radical (unpaired) electrons. The summed E-state index contributed by atoms with van der Waals surface area (Å²) in [5.41, 5.74) is 15.5. The normalized spacial score (nSPS) is 12.6. The van der Waals surface area contributed by atoms with Crippen molar-refractivity contribution in [3.8, 4) is 33.4 Å². The van der Waals surface area contributed by atoms with E-state index in [1.165, 1.54) is 77.2 Å². The quantitative estimate of drug-likeness (QED) is 0.147. The molecular formula is C57H39N. The van der Waals surface area contributed by atoms with Gasteiger partial charge in [0.15, 0.2) is 0 Å². The molecule has 10 aromatic carbocycles. The first-order valence-electron chi connectivity index (χ1n) is 20.1. The predicted octanol–water partition coefficient (Wildman–Crippen LogP) is 15.2. The second-order valence-corrected chi connectivity index (χ2v) is 15.2. The Kier molecular flexibility index (Phi) is 8.12. The van der Waals surface area contributed by atoms with Gasteiger partial charge in [0.2, 0.25) is 0 Å². The SMILES string of the molecule is c1ccc(-c2ccc(N(c3ccc(-c4cccc5c4-c4ccccc4C5(c4ccccc4)c4ccccc4)cc3)c3cc4ccccc4c4ccccc34)cc2)cc1. The molecule has 0 bridgehead atoms. The van der Waals surface area contributed by atoms with Gasteiger partial charge >= 0.3 is 0 Å². The van der Waals surface area contributed by atoms with Gasteiger partial charge in [0.05, 0.1) is 11.1 Å². The highest BCUT2D eigenvalue weighted by molar-refractivity contribution is 6.14. The van der Waals surface area contributed by atoms with Crippen LogP contribution in [-0.4, -0.2) is 0 Å². The molecule has 1 nitrogen and oxygen atoms in total. The highest BCUT2D eigenvalue weighted by Crippen LogP contribution is 2.58. The summed E-state index contributed by atoms with van der Waals surface area (Å²) in [6.45, 7) is 0. The molecular weight excluding hydrogens is 699 g/mol. The molecule has 0 fully saturated rings. The standard InChI is InChI=1S/C57H39N/c1-4-17-40(18-5-1)41-31-35-46(36-32-41)58(55-39-43-19-10-11-24-48(43)50-25-12-13-26-51(50)55)47-37-33-42(34-38-47)49-28-16-30-54-56(49)52-27-14-15-29-53(52)57(54,44-20-6-2-7-21-44)45-22-8-3-9-23-45/h1-39H. The molecule has 1 aliphatic rings. The first kappa shape index (κ1) is 33.8. The van der Waals surface area contributed by atoms with Crippen molar-refractivity contribution in [3.05, 3.63) is 259 Å². The van der Waals surface area contributed by atoms with E-state index < -0.39 is 5.41 Å². The number of nitrogens with zero attached hydrogens (tertiary/aromatic N) is 1. The van der Waals surface area contributed by atoms with Crippen LogP contribution in [0.4, 0.5) is 17.1 Å². The number of hydrogen-bond acceptors (Lipinski definition) is 1. The zero-order chi connectivity index (χ0) is 38.5. The molecule has 272 valence electrons. The second kappa shape index (κ2) is 13.9. The van der Waals surface area contributed by atoms with Gasteiger partial charge in [-0.2, -0.15) is 0 Å². The van der Waals surface area contributed by atoms with Crippen LogP contribution in [0.2, 0.25) is 0 Å². The number of anilines is 3. The van der Waals surface area contributed by atoms with Crippen molar-refractivity contribution in [2.45, 2.75) is 5.41 Å². The van der Waals surface area contributed by atoms with Gasteiger partial charge in [-0.3, -0.25) is 0 Å². The maximum absolute atomic E-state index is 2.42. The van der Waals surface area contributed by atoms with Crippen LogP contribution in [-0.2, 0) is 5.41 Å². The lowest BCUT2D eigenvalue weighted by atomic mass is 9.67. The lowest BCUT2D eigenvalue weighted by Gasteiger charge is -2.34. The first-order chi connectivity index (χ1) is 28.8. The molecule has 10 aromatic rings. The summed E-state index contributed by atoms with van der Waals surface area (Å²) in [4.78, 5) is 2.42. The van der Waals surface area contributed by atoms with E-state index in [1.54, 1.807) is 0 Å². The Hall–Kier alpha value is -7.48. The summed E-state index contributed by atoms with van der Waals surface area (Å²) in [5.74, 6) is 0. The van der Waals surface area contributed by atoms with E-state index in [9.17, 15) is 0 Å². The van der Waals surface area contributed by atoms with Gasteiger partial charge in [-0.15, -0.1) is 0 Å². The van der Waals surface area contributed by atoms with Crippen LogP contribution < -0.4 is 4.90 Å². The molecule has 1 aliphatic carbocycles. The van der Waals surface area contributed by atoms with Crippen LogP contribution in [0.15, 0.2) is 237 Å². The topological polar surface area (TPSA) is 3.24 Å². The van der Waals surface area contributed by atoms with Gasteiger partial charge in [0.25, 0.3) is 0 Å². The Morgan fingerprint density at radius 3 is 1.47 bits per heavy atom. The molecule has 1 heteroatoms. The summed E-state index contributed by atoms with van der Waals surface area (Å²) in [5, 5.41) is 4.94. The van der Waals surface area contributed by atoms with Gasteiger partial charge in [-0.05, 0) is 102 Å². The molecule has 0 aromatic heterocycles. The van der Waals surface area contributed by atoms with E-state index in [-0.39, 0.29) is 0 Å². The average Bonchev–Trinajstić information content (AvgIpc) is 3.62. The number of fused-ring (bicyclic) bond motifs is 6. The summed E-state index contributed by atoms with van der Waals surface area (Å²) in [6, 6.07) is 86.7.